The topological polar surface area (TPSA) is 49.7 Å². The summed E-state index contributed by atoms with van der Waals surface area (Å²) in [5, 5.41) is 17.8. The first-order valence-electron chi connectivity index (χ1n) is 4.37. The molecule has 15 heavy (non-hydrogen) atoms. The minimum atomic E-state index is -2.55. The van der Waals surface area contributed by atoms with Gasteiger partial charge in [0.25, 0.3) is 6.43 Å². The highest BCUT2D eigenvalue weighted by molar-refractivity contribution is 6.58. The van der Waals surface area contributed by atoms with Gasteiger partial charge in [0, 0.05) is 0 Å². The summed E-state index contributed by atoms with van der Waals surface area (Å²) in [6.07, 6.45) is -2.55. The predicted molar refractivity (Wildman–Crippen MR) is 52.5 cm³/mol. The summed E-state index contributed by atoms with van der Waals surface area (Å²) in [4.78, 5) is 0. The molecule has 82 valence electrons. The van der Waals surface area contributed by atoms with Crippen LogP contribution in [-0.4, -0.2) is 30.2 Å². The van der Waals surface area contributed by atoms with Gasteiger partial charge < -0.3 is 14.8 Å². The molecule has 0 atom stereocenters. The fourth-order valence-corrected chi connectivity index (χ4v) is 1.17. The average Bonchev–Trinajstić information content (AvgIpc) is 2.13. The van der Waals surface area contributed by atoms with E-state index in [9.17, 15) is 8.78 Å². The zero-order chi connectivity index (χ0) is 11.4. The molecule has 1 aromatic carbocycles. The summed E-state index contributed by atoms with van der Waals surface area (Å²) in [5.41, 5.74) is 0.934. The van der Waals surface area contributed by atoms with Crippen LogP contribution in [0.3, 0.4) is 0 Å². The number of hydrogen-bond acceptors (Lipinski definition) is 3. The summed E-state index contributed by atoms with van der Waals surface area (Å²) in [6.45, 7) is 1.01. The fraction of sp³-hybridized carbons (Fsp3) is 0.333. The Morgan fingerprint density at radius 1 is 1.33 bits per heavy atom. The van der Waals surface area contributed by atoms with Gasteiger partial charge in [0.05, 0.1) is 0 Å². The van der Waals surface area contributed by atoms with Crippen molar-refractivity contribution in [3.05, 3.63) is 23.8 Å². The first kappa shape index (κ1) is 11.9. The molecule has 0 unspecified atom stereocenters. The van der Waals surface area contributed by atoms with Gasteiger partial charge in [-0.2, -0.15) is 0 Å². The quantitative estimate of drug-likeness (QED) is 0.712. The largest absolute Gasteiger partial charge is 0.488 e. The number of hydrogen-bond donors (Lipinski definition) is 2. The van der Waals surface area contributed by atoms with Crippen molar-refractivity contribution in [1.29, 1.82) is 0 Å². The Balaban J connectivity index is 2.79. The number of benzene rings is 1. The van der Waals surface area contributed by atoms with E-state index in [1.54, 1.807) is 19.1 Å². The lowest BCUT2D eigenvalue weighted by Gasteiger charge is -2.08. The highest BCUT2D eigenvalue weighted by Gasteiger charge is 2.13. The molecular formula is C9H11BF2O3. The molecule has 0 saturated carbocycles. The first-order valence-corrected chi connectivity index (χ1v) is 4.37. The lowest BCUT2D eigenvalue weighted by Crippen LogP contribution is -2.30. The van der Waals surface area contributed by atoms with E-state index in [0.717, 1.165) is 0 Å². The van der Waals surface area contributed by atoms with Crippen molar-refractivity contribution >= 4 is 12.6 Å². The number of alkyl halides is 2. The van der Waals surface area contributed by atoms with Gasteiger partial charge in [-0.25, -0.2) is 8.78 Å². The Kier molecular flexibility index (Phi) is 4.05. The van der Waals surface area contributed by atoms with Crippen LogP contribution in [0.15, 0.2) is 18.2 Å². The molecular weight excluding hydrogens is 205 g/mol. The maximum atomic E-state index is 11.9. The molecule has 0 aromatic heterocycles. The van der Waals surface area contributed by atoms with Crippen molar-refractivity contribution in [2.75, 3.05) is 6.61 Å². The van der Waals surface area contributed by atoms with E-state index in [0.29, 0.717) is 5.56 Å². The van der Waals surface area contributed by atoms with Crippen LogP contribution in [0.25, 0.3) is 0 Å². The molecule has 0 aliphatic rings. The molecule has 0 fully saturated rings. The van der Waals surface area contributed by atoms with Gasteiger partial charge in [-0.05, 0) is 30.1 Å². The van der Waals surface area contributed by atoms with E-state index in [2.05, 4.69) is 0 Å². The van der Waals surface area contributed by atoms with Crippen LogP contribution in [0.5, 0.6) is 5.75 Å². The van der Waals surface area contributed by atoms with Crippen LogP contribution < -0.4 is 10.2 Å². The maximum Gasteiger partial charge on any atom is 0.488 e. The molecule has 1 rings (SSSR count). The SMILES string of the molecule is Cc1cc(OCC(F)F)cc(B(O)O)c1. The van der Waals surface area contributed by atoms with Crippen molar-refractivity contribution in [2.24, 2.45) is 0 Å². The summed E-state index contributed by atoms with van der Waals surface area (Å²) in [6, 6.07) is 4.41. The van der Waals surface area contributed by atoms with Gasteiger partial charge in [-0.1, -0.05) is 6.07 Å². The van der Waals surface area contributed by atoms with Crippen molar-refractivity contribution in [3.63, 3.8) is 0 Å². The van der Waals surface area contributed by atoms with Gasteiger partial charge in [0.2, 0.25) is 0 Å². The molecule has 3 nitrogen and oxygen atoms in total. The molecule has 6 heteroatoms. The third-order valence-corrected chi connectivity index (χ3v) is 1.75. The second-order valence-corrected chi connectivity index (χ2v) is 3.16. The predicted octanol–water partition coefficient (Wildman–Crippen LogP) is 0.319. The maximum absolute atomic E-state index is 11.9. The summed E-state index contributed by atoms with van der Waals surface area (Å²) in [5.74, 6) is 0.207. The lowest BCUT2D eigenvalue weighted by molar-refractivity contribution is 0.0819. The molecule has 0 radical (unpaired) electrons. The third kappa shape index (κ3) is 3.85. The molecule has 0 saturated heterocycles. The summed E-state index contributed by atoms with van der Waals surface area (Å²) >= 11 is 0. The van der Waals surface area contributed by atoms with Crippen molar-refractivity contribution < 1.29 is 23.6 Å². The van der Waals surface area contributed by atoms with Gasteiger partial charge >= 0.3 is 7.12 Å². The minimum absolute atomic E-state index is 0.207. The van der Waals surface area contributed by atoms with Gasteiger partial charge in [0.1, 0.15) is 12.4 Å². The molecule has 0 spiro atoms. The van der Waals surface area contributed by atoms with Crippen molar-refractivity contribution in [3.8, 4) is 5.75 Å². The third-order valence-electron chi connectivity index (χ3n) is 1.75. The highest BCUT2D eigenvalue weighted by Crippen LogP contribution is 2.12. The minimum Gasteiger partial charge on any atom is -0.488 e. The average molecular weight is 216 g/mol. The highest BCUT2D eigenvalue weighted by atomic mass is 19.3. The number of rotatable bonds is 4. The van der Waals surface area contributed by atoms with E-state index in [1.165, 1.54) is 6.07 Å². The summed E-state index contributed by atoms with van der Waals surface area (Å²) in [7, 11) is -1.63. The monoisotopic (exact) mass is 216 g/mol. The Morgan fingerprint density at radius 3 is 2.53 bits per heavy atom. The molecule has 0 aliphatic carbocycles. The molecule has 0 amide bonds. The van der Waals surface area contributed by atoms with E-state index >= 15 is 0 Å². The number of halogens is 2. The van der Waals surface area contributed by atoms with Crippen molar-refractivity contribution in [2.45, 2.75) is 13.3 Å². The van der Waals surface area contributed by atoms with E-state index in [-0.39, 0.29) is 11.2 Å². The van der Waals surface area contributed by atoms with Gasteiger partial charge in [-0.3, -0.25) is 0 Å². The van der Waals surface area contributed by atoms with Crippen LogP contribution in [0.4, 0.5) is 8.78 Å². The van der Waals surface area contributed by atoms with Crippen LogP contribution in [0, 0.1) is 6.92 Å². The van der Waals surface area contributed by atoms with Gasteiger partial charge in [-0.15, -0.1) is 0 Å². The second-order valence-electron chi connectivity index (χ2n) is 3.16. The Hall–Kier alpha value is -1.14. The zero-order valence-corrected chi connectivity index (χ0v) is 8.15. The Labute approximate surface area is 86.5 Å². The standard InChI is InChI=1S/C9H11BF2O3/c1-6-2-7(10(13)14)4-8(3-6)15-5-9(11)12/h2-4,9,13-14H,5H2,1H3. The Morgan fingerprint density at radius 2 is 2.00 bits per heavy atom. The van der Waals surface area contributed by atoms with E-state index < -0.39 is 20.2 Å². The second kappa shape index (κ2) is 5.09. The molecule has 1 aromatic rings. The number of aryl methyl sites for hydroxylation is 1. The lowest BCUT2D eigenvalue weighted by atomic mass is 9.79. The zero-order valence-electron chi connectivity index (χ0n) is 8.15. The van der Waals surface area contributed by atoms with E-state index in [1.807, 2.05) is 0 Å². The Bertz CT molecular complexity index is 331. The van der Waals surface area contributed by atoms with Crippen LogP contribution >= 0.6 is 0 Å². The molecule has 2 N–H and O–H groups in total. The van der Waals surface area contributed by atoms with Crippen LogP contribution in [0.1, 0.15) is 5.56 Å². The number of ether oxygens (including phenoxy) is 1. The van der Waals surface area contributed by atoms with E-state index in [4.69, 9.17) is 14.8 Å². The molecule has 0 heterocycles. The van der Waals surface area contributed by atoms with Gasteiger partial charge in [0.15, 0.2) is 0 Å². The normalized spacial score (nSPS) is 10.5. The molecule has 0 bridgehead atoms. The smallest absolute Gasteiger partial charge is 0.488 e. The summed E-state index contributed by atoms with van der Waals surface area (Å²) < 4.78 is 28.5. The van der Waals surface area contributed by atoms with Crippen LogP contribution in [-0.2, 0) is 0 Å². The van der Waals surface area contributed by atoms with Crippen LogP contribution in [0.2, 0.25) is 0 Å². The first-order chi connectivity index (χ1) is 6.99. The molecule has 0 aliphatic heterocycles. The fourth-order valence-electron chi connectivity index (χ4n) is 1.17. The van der Waals surface area contributed by atoms with Crippen molar-refractivity contribution in [1.82, 2.24) is 0 Å².